The molecule has 6 heteroatoms. The average Bonchev–Trinajstić information content (AvgIpc) is 2.83. The van der Waals surface area contributed by atoms with Crippen LogP contribution in [-0.2, 0) is 0 Å². The Labute approximate surface area is 191 Å². The normalized spacial score (nSPS) is 11.8. The van der Waals surface area contributed by atoms with E-state index in [9.17, 15) is 9.59 Å². The van der Waals surface area contributed by atoms with Crippen LogP contribution in [0.5, 0.6) is 11.5 Å². The number of methoxy groups -OCH3 is 2. The summed E-state index contributed by atoms with van der Waals surface area (Å²) in [5.74, 6) is 1.49. The molecule has 1 N–H and O–H groups in total. The lowest BCUT2D eigenvalue weighted by atomic mass is 10.1. The summed E-state index contributed by atoms with van der Waals surface area (Å²) < 4.78 is 16.5. The summed E-state index contributed by atoms with van der Waals surface area (Å²) in [6, 6.07) is 19.3. The Morgan fingerprint density at radius 1 is 0.909 bits per heavy atom. The van der Waals surface area contributed by atoms with Gasteiger partial charge >= 0.3 is 0 Å². The number of carbonyl (C=O) groups excluding carboxylic acids is 1. The molecule has 1 unspecified atom stereocenters. The largest absolute Gasteiger partial charge is 0.493 e. The van der Waals surface area contributed by atoms with Crippen LogP contribution in [0.25, 0.3) is 22.3 Å². The maximum atomic E-state index is 12.8. The van der Waals surface area contributed by atoms with Gasteiger partial charge in [-0.3, -0.25) is 9.59 Å². The van der Waals surface area contributed by atoms with Crippen molar-refractivity contribution in [3.63, 3.8) is 0 Å². The van der Waals surface area contributed by atoms with Crippen LogP contribution in [0.15, 0.2) is 75.9 Å². The third kappa shape index (κ3) is 4.60. The molecule has 4 rings (SSSR count). The number of benzene rings is 3. The number of carbonyl (C=O) groups is 1. The summed E-state index contributed by atoms with van der Waals surface area (Å²) in [4.78, 5) is 25.3. The first-order valence-electron chi connectivity index (χ1n) is 10.6. The van der Waals surface area contributed by atoms with E-state index in [2.05, 4.69) is 5.32 Å². The van der Waals surface area contributed by atoms with Gasteiger partial charge in [-0.05, 0) is 55.8 Å². The maximum Gasteiger partial charge on any atom is 0.251 e. The summed E-state index contributed by atoms with van der Waals surface area (Å²) >= 11 is 0. The Morgan fingerprint density at radius 2 is 1.64 bits per heavy atom. The molecule has 1 atom stereocenters. The molecule has 0 spiro atoms. The number of nitrogens with one attached hydrogen (secondary N) is 1. The van der Waals surface area contributed by atoms with Gasteiger partial charge in [0.05, 0.1) is 25.6 Å². The van der Waals surface area contributed by atoms with Gasteiger partial charge in [0.2, 0.25) is 0 Å². The van der Waals surface area contributed by atoms with Crippen molar-refractivity contribution in [2.45, 2.75) is 19.9 Å². The predicted molar refractivity (Wildman–Crippen MR) is 128 cm³/mol. The van der Waals surface area contributed by atoms with Gasteiger partial charge < -0.3 is 19.2 Å². The minimum absolute atomic E-state index is 0.0967. The third-order valence-corrected chi connectivity index (χ3v) is 5.57. The average molecular weight is 443 g/mol. The first kappa shape index (κ1) is 22.1. The number of hydrogen-bond donors (Lipinski definition) is 1. The van der Waals surface area contributed by atoms with E-state index in [-0.39, 0.29) is 17.4 Å². The molecule has 1 heterocycles. The highest BCUT2D eigenvalue weighted by atomic mass is 16.5. The summed E-state index contributed by atoms with van der Waals surface area (Å²) in [6.45, 7) is 3.83. The van der Waals surface area contributed by atoms with Crippen LogP contribution in [0.4, 0.5) is 0 Å². The molecule has 0 fully saturated rings. The zero-order valence-electron chi connectivity index (χ0n) is 19.0. The monoisotopic (exact) mass is 443 g/mol. The van der Waals surface area contributed by atoms with Crippen LogP contribution in [-0.4, -0.2) is 20.1 Å². The number of hydrogen-bond acceptors (Lipinski definition) is 5. The molecule has 6 nitrogen and oxygen atoms in total. The van der Waals surface area contributed by atoms with Crippen LogP contribution in [0.1, 0.15) is 34.5 Å². The number of ether oxygens (including phenoxy) is 2. The van der Waals surface area contributed by atoms with Crippen molar-refractivity contribution in [3.8, 4) is 22.8 Å². The smallest absolute Gasteiger partial charge is 0.251 e. The Balaban J connectivity index is 1.52. The number of rotatable bonds is 6. The van der Waals surface area contributed by atoms with Crippen LogP contribution >= 0.6 is 0 Å². The molecule has 0 aliphatic carbocycles. The molecule has 33 heavy (non-hydrogen) atoms. The number of fused-ring (bicyclic) bond motifs is 1. The topological polar surface area (TPSA) is 77.8 Å². The highest BCUT2D eigenvalue weighted by molar-refractivity contribution is 5.95. The van der Waals surface area contributed by atoms with Gasteiger partial charge in [-0.1, -0.05) is 29.8 Å². The number of amides is 1. The summed E-state index contributed by atoms with van der Waals surface area (Å²) in [7, 11) is 3.15. The summed E-state index contributed by atoms with van der Waals surface area (Å²) in [6.07, 6.45) is 0. The second kappa shape index (κ2) is 9.20. The molecule has 0 saturated carbocycles. The first-order chi connectivity index (χ1) is 15.9. The van der Waals surface area contributed by atoms with Gasteiger partial charge in [-0.15, -0.1) is 0 Å². The highest BCUT2D eigenvalue weighted by Gasteiger charge is 2.15. The molecule has 3 aromatic carbocycles. The maximum absolute atomic E-state index is 12.8. The molecule has 0 aliphatic rings. The third-order valence-electron chi connectivity index (χ3n) is 5.57. The van der Waals surface area contributed by atoms with E-state index in [4.69, 9.17) is 13.9 Å². The number of aryl methyl sites for hydroxylation is 1. The molecule has 4 aromatic rings. The molecule has 1 amide bonds. The lowest BCUT2D eigenvalue weighted by Gasteiger charge is -2.16. The van der Waals surface area contributed by atoms with Crippen molar-refractivity contribution in [3.05, 3.63) is 93.6 Å². The minimum atomic E-state index is -0.237. The van der Waals surface area contributed by atoms with E-state index < -0.39 is 0 Å². The van der Waals surface area contributed by atoms with Crippen LogP contribution in [0.3, 0.4) is 0 Å². The van der Waals surface area contributed by atoms with Gasteiger partial charge in [-0.2, -0.15) is 0 Å². The SMILES string of the molecule is COc1ccc(C(C)NC(=O)c2ccc(-c3cc(=O)c4cc(C)ccc4o3)cc2)cc1OC. The first-order valence-corrected chi connectivity index (χ1v) is 10.6. The van der Waals surface area contributed by atoms with Crippen molar-refractivity contribution in [2.24, 2.45) is 0 Å². The van der Waals surface area contributed by atoms with E-state index in [1.54, 1.807) is 44.6 Å². The Hall–Kier alpha value is -4.06. The quantitative estimate of drug-likeness (QED) is 0.439. The highest BCUT2D eigenvalue weighted by Crippen LogP contribution is 2.30. The van der Waals surface area contributed by atoms with E-state index >= 15 is 0 Å². The van der Waals surface area contributed by atoms with Crippen LogP contribution in [0, 0.1) is 6.92 Å². The van der Waals surface area contributed by atoms with Gasteiger partial charge in [0.25, 0.3) is 5.91 Å². The molecule has 0 radical (unpaired) electrons. The minimum Gasteiger partial charge on any atom is -0.493 e. The lowest BCUT2D eigenvalue weighted by molar-refractivity contribution is 0.0940. The van der Waals surface area contributed by atoms with Crippen molar-refractivity contribution in [2.75, 3.05) is 14.2 Å². The van der Waals surface area contributed by atoms with E-state index in [0.29, 0.717) is 33.8 Å². The van der Waals surface area contributed by atoms with Gasteiger partial charge in [0.1, 0.15) is 11.3 Å². The second-order valence-electron chi connectivity index (χ2n) is 7.86. The fourth-order valence-corrected chi connectivity index (χ4v) is 3.68. The molecule has 168 valence electrons. The molecule has 1 aromatic heterocycles. The Morgan fingerprint density at radius 3 is 2.33 bits per heavy atom. The van der Waals surface area contributed by atoms with Crippen molar-refractivity contribution < 1.29 is 18.7 Å². The van der Waals surface area contributed by atoms with Gasteiger partial charge in [0.15, 0.2) is 16.9 Å². The zero-order valence-corrected chi connectivity index (χ0v) is 19.0. The van der Waals surface area contributed by atoms with Crippen LogP contribution in [0.2, 0.25) is 0 Å². The Bertz CT molecular complexity index is 1370. The molecule has 0 aliphatic heterocycles. The molecular formula is C27H25NO5. The van der Waals surface area contributed by atoms with Gasteiger partial charge in [0, 0.05) is 17.2 Å². The lowest BCUT2D eigenvalue weighted by Crippen LogP contribution is -2.26. The Kier molecular flexibility index (Phi) is 6.18. The second-order valence-corrected chi connectivity index (χ2v) is 7.86. The zero-order chi connectivity index (χ0) is 23.5. The van der Waals surface area contributed by atoms with Crippen molar-refractivity contribution in [1.29, 1.82) is 0 Å². The standard InChI is InChI=1S/C27H25NO5/c1-16-5-11-23-21(13-16)22(29)15-25(33-23)18-6-8-19(9-7-18)27(30)28-17(2)20-10-12-24(31-3)26(14-20)32-4/h5-15,17H,1-4H3,(H,28,30). The van der Waals surface area contributed by atoms with Crippen molar-refractivity contribution in [1.82, 2.24) is 5.32 Å². The molecule has 0 bridgehead atoms. The fraction of sp³-hybridized carbons (Fsp3) is 0.185. The fourth-order valence-electron chi connectivity index (χ4n) is 3.68. The predicted octanol–water partition coefficient (Wildman–Crippen LogP) is 5.28. The van der Waals surface area contributed by atoms with Crippen LogP contribution < -0.4 is 20.2 Å². The van der Waals surface area contributed by atoms with E-state index in [1.165, 1.54) is 6.07 Å². The molecule has 0 saturated heterocycles. The summed E-state index contributed by atoms with van der Waals surface area (Å²) in [5, 5.41) is 3.54. The van der Waals surface area contributed by atoms with Crippen molar-refractivity contribution >= 4 is 16.9 Å². The van der Waals surface area contributed by atoms with Gasteiger partial charge in [-0.25, -0.2) is 0 Å². The molecular weight excluding hydrogens is 418 g/mol. The van der Waals surface area contributed by atoms with E-state index in [1.807, 2.05) is 44.2 Å². The summed E-state index contributed by atoms with van der Waals surface area (Å²) in [5.41, 5.74) is 3.56. The van der Waals surface area contributed by atoms with E-state index in [0.717, 1.165) is 16.7 Å².